The summed E-state index contributed by atoms with van der Waals surface area (Å²) in [6, 6.07) is 0. The molecule has 8 atom stereocenters. The van der Waals surface area contributed by atoms with E-state index in [1.165, 1.54) is 6.08 Å². The molecule has 2 rings (SSSR count). The molecule has 2 fully saturated rings. The quantitative estimate of drug-likeness (QED) is 0.0729. The summed E-state index contributed by atoms with van der Waals surface area (Å²) in [5.74, 6) is -1.68. The smallest absolute Gasteiger partial charge is 0.550 e. The molecule has 10 heteroatoms. The average molecular weight is 507 g/mol. The first-order valence-electron chi connectivity index (χ1n) is 12.9. The van der Waals surface area contributed by atoms with Gasteiger partial charge in [-0.2, -0.15) is 0 Å². The number of carbonyl (C=O) groups excluding carboxylic acids is 2. The van der Waals surface area contributed by atoms with Crippen LogP contribution in [0.1, 0.15) is 78.6 Å². The van der Waals surface area contributed by atoms with Gasteiger partial charge in [-0.15, -0.1) is 0 Å². The third kappa shape index (κ3) is 11.6. The molecule has 9 nitrogen and oxygen atoms in total. The number of hydrogen-bond acceptors (Lipinski definition) is 9. The summed E-state index contributed by atoms with van der Waals surface area (Å²) in [6.45, 7) is 6.05. The van der Waals surface area contributed by atoms with E-state index in [0.29, 0.717) is 38.0 Å². The number of carboxylic acid groups (broad SMARTS) is 1. The molecular formula is C26H43LiO9. The number of epoxide rings is 1. The zero-order valence-corrected chi connectivity index (χ0v) is 22.3. The Morgan fingerprint density at radius 2 is 1.69 bits per heavy atom. The number of carbonyl (C=O) groups is 2. The van der Waals surface area contributed by atoms with E-state index in [4.69, 9.17) is 14.2 Å². The molecule has 0 saturated carbocycles. The summed E-state index contributed by atoms with van der Waals surface area (Å²) in [5.41, 5.74) is 0.703. The van der Waals surface area contributed by atoms with Crippen LogP contribution in [0.4, 0.5) is 0 Å². The zero-order valence-electron chi connectivity index (χ0n) is 22.3. The summed E-state index contributed by atoms with van der Waals surface area (Å²) in [4.78, 5) is 22.4. The molecule has 202 valence electrons. The molecule has 0 amide bonds. The molecule has 0 aromatic rings. The van der Waals surface area contributed by atoms with Crippen molar-refractivity contribution < 1.29 is 63.1 Å². The zero-order chi connectivity index (χ0) is 26.0. The van der Waals surface area contributed by atoms with Gasteiger partial charge in [0, 0.05) is 23.9 Å². The van der Waals surface area contributed by atoms with Crippen LogP contribution in [0.3, 0.4) is 0 Å². The van der Waals surface area contributed by atoms with Gasteiger partial charge in [-0.05, 0) is 46.0 Å². The predicted molar refractivity (Wildman–Crippen MR) is 126 cm³/mol. The van der Waals surface area contributed by atoms with Gasteiger partial charge in [0.1, 0.15) is 6.10 Å². The molecule has 2 aliphatic rings. The van der Waals surface area contributed by atoms with E-state index in [2.05, 4.69) is 0 Å². The topological polar surface area (TPSA) is 149 Å². The van der Waals surface area contributed by atoms with E-state index >= 15 is 0 Å². The second kappa shape index (κ2) is 16.8. The molecule has 0 aromatic heterocycles. The van der Waals surface area contributed by atoms with E-state index < -0.39 is 36.4 Å². The average Bonchev–Trinajstić information content (AvgIpc) is 3.55. The summed E-state index contributed by atoms with van der Waals surface area (Å²) in [6.07, 6.45) is 4.29. The molecule has 3 N–H and O–H groups in total. The first-order valence-corrected chi connectivity index (χ1v) is 12.9. The Morgan fingerprint density at radius 1 is 1.06 bits per heavy atom. The van der Waals surface area contributed by atoms with E-state index in [-0.39, 0.29) is 49.3 Å². The van der Waals surface area contributed by atoms with Crippen molar-refractivity contribution in [2.75, 3.05) is 13.2 Å². The van der Waals surface area contributed by atoms with Gasteiger partial charge in [-0.3, -0.25) is 0 Å². The van der Waals surface area contributed by atoms with Crippen molar-refractivity contribution in [2.24, 2.45) is 11.8 Å². The summed E-state index contributed by atoms with van der Waals surface area (Å²) in [5, 5.41) is 41.2. The number of unbranched alkanes of at least 4 members (excludes halogenated alkanes) is 5. The summed E-state index contributed by atoms with van der Waals surface area (Å²) >= 11 is 0. The number of carboxylic acids is 1. The number of aliphatic hydroxyl groups excluding tert-OH is 3. The summed E-state index contributed by atoms with van der Waals surface area (Å²) in [7, 11) is 0. The maximum Gasteiger partial charge on any atom is 1.00 e. The Bertz CT molecular complexity index is 699. The second-order valence-corrected chi connectivity index (χ2v) is 10.2. The largest absolute Gasteiger partial charge is 1.00 e. The van der Waals surface area contributed by atoms with Crippen LogP contribution in [0.15, 0.2) is 11.6 Å². The fourth-order valence-electron chi connectivity index (χ4n) is 4.58. The van der Waals surface area contributed by atoms with Gasteiger partial charge in [0.2, 0.25) is 0 Å². The van der Waals surface area contributed by atoms with Gasteiger partial charge in [0.15, 0.2) is 0 Å². The normalized spacial score (nSPS) is 29.7. The van der Waals surface area contributed by atoms with Crippen LogP contribution >= 0.6 is 0 Å². The SMILES string of the molecule is C/C(=C\C(=O)OCCCCCCCCC(=O)[O-])CC1OCC(CC2OC2C(C)C(C)O)C(O)C1O.[Li+]. The molecule has 0 aliphatic carbocycles. The van der Waals surface area contributed by atoms with Crippen LogP contribution in [0.2, 0.25) is 0 Å². The van der Waals surface area contributed by atoms with Crippen LogP contribution < -0.4 is 24.0 Å². The number of hydrogen-bond donors (Lipinski definition) is 3. The predicted octanol–water partition coefficient (Wildman–Crippen LogP) is -1.74. The molecule has 36 heavy (non-hydrogen) atoms. The fourth-order valence-corrected chi connectivity index (χ4v) is 4.58. The minimum absolute atomic E-state index is 0. The number of rotatable bonds is 16. The Balaban J connectivity index is 0.00000648. The number of aliphatic carboxylic acids is 1. The molecule has 0 spiro atoms. The molecule has 8 unspecified atom stereocenters. The van der Waals surface area contributed by atoms with Crippen molar-refractivity contribution in [1.29, 1.82) is 0 Å². The molecule has 2 aliphatic heterocycles. The van der Waals surface area contributed by atoms with E-state index in [0.717, 1.165) is 32.1 Å². The van der Waals surface area contributed by atoms with Crippen LogP contribution in [-0.4, -0.2) is 77.1 Å². The van der Waals surface area contributed by atoms with Crippen LogP contribution in [0.25, 0.3) is 0 Å². The molecule has 0 radical (unpaired) electrons. The fraction of sp³-hybridized carbons (Fsp3) is 0.846. The third-order valence-electron chi connectivity index (χ3n) is 7.08. The Hall–Kier alpha value is -0.923. The molecular weight excluding hydrogens is 463 g/mol. The third-order valence-corrected chi connectivity index (χ3v) is 7.08. The van der Waals surface area contributed by atoms with Gasteiger partial charge < -0.3 is 39.4 Å². The van der Waals surface area contributed by atoms with Crippen molar-refractivity contribution in [3.8, 4) is 0 Å². The maximum absolute atomic E-state index is 12.0. The molecule has 0 aromatic carbocycles. The molecule has 0 bridgehead atoms. The van der Waals surface area contributed by atoms with Crippen LogP contribution in [0, 0.1) is 11.8 Å². The molecule has 2 saturated heterocycles. The van der Waals surface area contributed by atoms with Crippen molar-refractivity contribution >= 4 is 11.9 Å². The van der Waals surface area contributed by atoms with Crippen molar-refractivity contribution in [3.63, 3.8) is 0 Å². The second-order valence-electron chi connectivity index (χ2n) is 10.2. The van der Waals surface area contributed by atoms with Crippen LogP contribution in [-0.2, 0) is 23.8 Å². The van der Waals surface area contributed by atoms with Gasteiger partial charge in [-0.1, -0.05) is 38.2 Å². The molecule has 2 heterocycles. The first kappa shape index (κ1) is 33.1. The van der Waals surface area contributed by atoms with Gasteiger partial charge in [0.25, 0.3) is 0 Å². The van der Waals surface area contributed by atoms with E-state index in [1.54, 1.807) is 13.8 Å². The minimum atomic E-state index is -1.06. The first-order chi connectivity index (χ1) is 16.6. The standard InChI is InChI=1S/C26H44O9.Li/c1-16(13-23(30)33-11-9-7-5-4-6-8-10-22(28)29)12-20-25(32)24(31)19(15-34-20)14-21-26(35-21)17(2)18(3)27;/h13,17-21,24-27,31-32H,4-12,14-15H2,1-3H3,(H,28,29);/q;+1/p-1/b16-13+;. The van der Waals surface area contributed by atoms with Gasteiger partial charge in [-0.25, -0.2) is 4.79 Å². The van der Waals surface area contributed by atoms with Gasteiger partial charge in [0.05, 0.1) is 43.7 Å². The van der Waals surface area contributed by atoms with E-state index in [9.17, 15) is 30.0 Å². The van der Waals surface area contributed by atoms with Crippen molar-refractivity contribution in [3.05, 3.63) is 11.6 Å². The van der Waals surface area contributed by atoms with Gasteiger partial charge >= 0.3 is 24.8 Å². The summed E-state index contributed by atoms with van der Waals surface area (Å²) < 4.78 is 16.7. The van der Waals surface area contributed by atoms with E-state index in [1.807, 2.05) is 6.92 Å². The van der Waals surface area contributed by atoms with Crippen LogP contribution in [0.5, 0.6) is 0 Å². The van der Waals surface area contributed by atoms with Crippen molar-refractivity contribution in [1.82, 2.24) is 0 Å². The number of aliphatic hydroxyl groups is 3. The maximum atomic E-state index is 12.0. The Labute approximate surface area is 226 Å². The minimum Gasteiger partial charge on any atom is -0.550 e. The Kier molecular flexibility index (Phi) is 15.5. The monoisotopic (exact) mass is 506 g/mol. The number of ether oxygens (including phenoxy) is 3. The van der Waals surface area contributed by atoms with Crippen molar-refractivity contribution in [2.45, 2.75) is 115 Å². The Morgan fingerprint density at radius 3 is 2.33 bits per heavy atom. The number of esters is 1.